The molecular formula is C9H17HgO2. The van der Waals surface area contributed by atoms with Crippen LogP contribution >= 0.6 is 0 Å². The zero-order valence-corrected chi connectivity index (χ0v) is 13.0. The fourth-order valence-electron chi connectivity index (χ4n) is 0.917. The number of aliphatic carboxylic acids is 1. The van der Waals surface area contributed by atoms with Crippen LogP contribution in [0.2, 0.25) is 3.93 Å². The van der Waals surface area contributed by atoms with Crippen LogP contribution in [0.5, 0.6) is 0 Å². The normalized spacial score (nSPS) is 31.2. The van der Waals surface area contributed by atoms with Crippen LogP contribution in [-0.2, 0) is 30.9 Å². The van der Waals surface area contributed by atoms with Crippen LogP contribution in [0.4, 0.5) is 0 Å². The first kappa shape index (κ1) is 6.80. The van der Waals surface area contributed by atoms with E-state index in [2.05, 4.69) is 0 Å². The Kier molecular flexibility index (Phi) is 4.55. The minimum atomic E-state index is -1.26. The molecule has 1 N–H and O–H groups in total. The predicted octanol–water partition coefficient (Wildman–Crippen LogP) is 2.62. The van der Waals surface area contributed by atoms with Crippen LogP contribution in [0.15, 0.2) is 0 Å². The van der Waals surface area contributed by atoms with Gasteiger partial charge in [-0.3, -0.25) is 4.79 Å². The Morgan fingerprint density at radius 3 is 2.42 bits per heavy atom. The van der Waals surface area contributed by atoms with Gasteiger partial charge in [0, 0.05) is 6.92 Å². The molecule has 0 aromatic carbocycles. The zero-order valence-electron chi connectivity index (χ0n) is 11.5. The Morgan fingerprint density at radius 2 is 2.08 bits per heavy atom. The molecule has 3 heteroatoms. The zero-order chi connectivity index (χ0) is 13.0. The Balaban J connectivity index is 0.000000487. The first-order valence-electron chi connectivity index (χ1n) is 6.07. The van der Waals surface area contributed by atoms with Crippen molar-refractivity contribution in [2.24, 2.45) is 5.92 Å². The quantitative estimate of drug-likeness (QED) is 0.729. The topological polar surface area (TPSA) is 37.3 Å². The van der Waals surface area contributed by atoms with E-state index in [0.29, 0.717) is 44.9 Å². The first-order valence-corrected chi connectivity index (χ1v) is 7.95. The standard InChI is InChI=1S/C7H13.C2H4O2.Hg/c1-7-5-3-2-4-6-7;1-2(3)4;/h7H,1-6H2;1H3,(H,3,4);/i3D2,4D2;;. The van der Waals surface area contributed by atoms with E-state index in [0.717, 1.165) is 10.9 Å². The first-order chi connectivity index (χ1) is 7.08. The van der Waals surface area contributed by atoms with Gasteiger partial charge in [-0.05, 0) is 0 Å². The molecule has 0 radical (unpaired) electrons. The number of hydrogen-bond donors (Lipinski definition) is 1. The molecule has 2 nitrogen and oxygen atoms in total. The summed E-state index contributed by atoms with van der Waals surface area (Å²) in [5.74, 6) is -0.521. The molecule has 0 atom stereocenters. The molecule has 0 aromatic heterocycles. The average molecular weight is 362 g/mol. The van der Waals surface area contributed by atoms with Crippen LogP contribution < -0.4 is 0 Å². The summed E-state index contributed by atoms with van der Waals surface area (Å²) in [6, 6.07) is 0. The number of hydrogen-bond acceptors (Lipinski definition) is 1. The van der Waals surface area contributed by atoms with Gasteiger partial charge in [-0.1, -0.05) is 0 Å². The van der Waals surface area contributed by atoms with Crippen LogP contribution in [0.25, 0.3) is 0 Å². The molecule has 0 spiro atoms. The monoisotopic (exact) mass is 363 g/mol. The Morgan fingerprint density at radius 1 is 1.67 bits per heavy atom. The Bertz CT molecular complexity index is 226. The molecule has 0 aliphatic heterocycles. The van der Waals surface area contributed by atoms with Gasteiger partial charge in [-0.25, -0.2) is 0 Å². The van der Waals surface area contributed by atoms with E-state index in [1.54, 1.807) is 0 Å². The van der Waals surface area contributed by atoms with E-state index in [1.165, 1.54) is 0 Å². The molecular weight excluding hydrogens is 341 g/mol. The second-order valence-electron chi connectivity index (χ2n) is 2.76. The minimum absolute atomic E-state index is 0.0876. The second kappa shape index (κ2) is 8.02. The molecule has 1 fully saturated rings. The van der Waals surface area contributed by atoms with Crippen LogP contribution in [0.3, 0.4) is 0 Å². The van der Waals surface area contributed by atoms with Crippen molar-refractivity contribution in [3.05, 3.63) is 0 Å². The number of carboxylic acid groups (broad SMARTS) is 1. The molecule has 0 unspecified atom stereocenters. The van der Waals surface area contributed by atoms with Crippen molar-refractivity contribution < 1.29 is 41.5 Å². The SMILES string of the molecule is CC(=O)O.[2H]C1([2H])CC([CH2][Hg])CC([2H])([2H])C1. The summed E-state index contributed by atoms with van der Waals surface area (Å²) >= 11 is 0.676. The van der Waals surface area contributed by atoms with E-state index in [-0.39, 0.29) is 6.42 Å². The Hall–Kier alpha value is 0.405. The number of carboxylic acids is 1. The molecule has 1 rings (SSSR count). The maximum absolute atomic E-state index is 9.00. The summed E-state index contributed by atoms with van der Waals surface area (Å²) < 4.78 is 31.3. The van der Waals surface area contributed by atoms with Gasteiger partial charge in [0.1, 0.15) is 0 Å². The second-order valence-corrected chi connectivity index (χ2v) is 5.00. The molecule has 67 valence electrons. The van der Waals surface area contributed by atoms with Gasteiger partial charge < -0.3 is 5.11 Å². The van der Waals surface area contributed by atoms with Crippen molar-refractivity contribution in [1.29, 1.82) is 0 Å². The van der Waals surface area contributed by atoms with Gasteiger partial charge in [0.05, 0.1) is 0 Å². The fourth-order valence-corrected chi connectivity index (χ4v) is 2.50. The van der Waals surface area contributed by atoms with Gasteiger partial charge in [-0.15, -0.1) is 0 Å². The molecule has 0 saturated heterocycles. The molecule has 1 aliphatic rings. The van der Waals surface area contributed by atoms with Crippen molar-refractivity contribution >= 4 is 5.97 Å². The van der Waals surface area contributed by atoms with E-state index in [4.69, 9.17) is 15.4 Å². The summed E-state index contributed by atoms with van der Waals surface area (Å²) in [6.45, 7) is 1.08. The summed E-state index contributed by atoms with van der Waals surface area (Å²) in [4.78, 5) is 9.00. The third kappa shape index (κ3) is 8.50. The summed E-state index contributed by atoms with van der Waals surface area (Å²) in [7, 11) is 0. The third-order valence-corrected chi connectivity index (χ3v) is 4.70. The van der Waals surface area contributed by atoms with Gasteiger partial charge in [0.15, 0.2) is 0 Å². The van der Waals surface area contributed by atoms with Gasteiger partial charge in [0.2, 0.25) is 0 Å². The van der Waals surface area contributed by atoms with E-state index >= 15 is 0 Å². The molecule has 0 aromatic rings. The van der Waals surface area contributed by atoms with Crippen LogP contribution in [-0.4, -0.2) is 11.1 Å². The van der Waals surface area contributed by atoms with Gasteiger partial charge >= 0.3 is 73.5 Å². The Labute approximate surface area is 96.3 Å². The number of rotatable bonds is 1. The molecule has 1 saturated carbocycles. The number of carbonyl (C=O) groups is 1. The van der Waals surface area contributed by atoms with Crippen molar-refractivity contribution in [2.45, 2.75) is 42.9 Å². The third-order valence-electron chi connectivity index (χ3n) is 1.52. The van der Waals surface area contributed by atoms with Crippen LogP contribution in [0, 0.1) is 5.92 Å². The van der Waals surface area contributed by atoms with Crippen LogP contribution in [0.1, 0.15) is 44.4 Å². The molecule has 1 aliphatic carbocycles. The summed E-state index contributed by atoms with van der Waals surface area (Å²) in [5, 5.41) is 7.42. The summed E-state index contributed by atoms with van der Waals surface area (Å²) in [5.41, 5.74) is 0. The maximum atomic E-state index is 9.00. The van der Waals surface area contributed by atoms with Gasteiger partial charge in [-0.2, -0.15) is 0 Å². The van der Waals surface area contributed by atoms with Crippen molar-refractivity contribution in [1.82, 2.24) is 0 Å². The molecule has 0 amide bonds. The molecule has 0 bridgehead atoms. The van der Waals surface area contributed by atoms with Gasteiger partial charge in [0.25, 0.3) is 5.97 Å². The van der Waals surface area contributed by atoms with E-state index < -0.39 is 18.7 Å². The predicted molar refractivity (Wildman–Crippen MR) is 44.7 cm³/mol. The molecule has 0 heterocycles. The fraction of sp³-hybridized carbons (Fsp3) is 0.889. The van der Waals surface area contributed by atoms with Crippen molar-refractivity contribution in [3.8, 4) is 0 Å². The van der Waals surface area contributed by atoms with E-state index in [1.807, 2.05) is 0 Å². The average Bonchev–Trinajstić information content (AvgIpc) is 1.96. The summed E-state index contributed by atoms with van der Waals surface area (Å²) in [6.07, 6.45) is -1.27. The van der Waals surface area contributed by atoms with E-state index in [9.17, 15) is 0 Å². The van der Waals surface area contributed by atoms with Crippen molar-refractivity contribution in [3.63, 3.8) is 0 Å². The molecule has 12 heavy (non-hydrogen) atoms. The van der Waals surface area contributed by atoms with Crippen molar-refractivity contribution in [2.75, 3.05) is 0 Å².